The van der Waals surface area contributed by atoms with E-state index in [4.69, 9.17) is 10.5 Å². The van der Waals surface area contributed by atoms with Gasteiger partial charge in [0.15, 0.2) is 0 Å². The molecule has 2 N–H and O–H groups in total. The largest absolute Gasteiger partial charge is 0.456 e. The van der Waals surface area contributed by atoms with Crippen LogP contribution in [0, 0.1) is 5.82 Å². The first-order valence-electron chi connectivity index (χ1n) is 5.97. The minimum absolute atomic E-state index is 0.285. The van der Waals surface area contributed by atoms with E-state index in [1.807, 2.05) is 37.4 Å². The highest BCUT2D eigenvalue weighted by atomic mass is 32.2. The van der Waals surface area contributed by atoms with Crippen LogP contribution in [0.1, 0.15) is 18.5 Å². The van der Waals surface area contributed by atoms with E-state index in [2.05, 4.69) is 0 Å². The molecule has 0 aliphatic heterocycles. The van der Waals surface area contributed by atoms with Crippen LogP contribution in [0.2, 0.25) is 0 Å². The smallest absolute Gasteiger partial charge is 0.140 e. The summed E-state index contributed by atoms with van der Waals surface area (Å²) in [6.07, 6.45) is 1.99. The number of thioether (sulfide) groups is 1. The SMILES string of the molecule is CSc1ccccc1Oc1ccc(F)cc1C(C)N. The highest BCUT2D eigenvalue weighted by Crippen LogP contribution is 2.34. The first-order chi connectivity index (χ1) is 9.11. The zero-order valence-electron chi connectivity index (χ0n) is 10.9. The highest BCUT2D eigenvalue weighted by molar-refractivity contribution is 7.98. The molecular weight excluding hydrogens is 261 g/mol. The van der Waals surface area contributed by atoms with Gasteiger partial charge in [-0.1, -0.05) is 12.1 Å². The number of rotatable bonds is 4. The Hall–Kier alpha value is -1.52. The molecule has 4 heteroatoms. The number of hydrogen-bond donors (Lipinski definition) is 1. The minimum Gasteiger partial charge on any atom is -0.456 e. The van der Waals surface area contributed by atoms with Gasteiger partial charge in [-0.2, -0.15) is 0 Å². The summed E-state index contributed by atoms with van der Waals surface area (Å²) >= 11 is 1.60. The van der Waals surface area contributed by atoms with Crippen molar-refractivity contribution in [2.75, 3.05) is 6.26 Å². The van der Waals surface area contributed by atoms with Gasteiger partial charge in [-0.25, -0.2) is 4.39 Å². The molecule has 19 heavy (non-hydrogen) atoms. The Morgan fingerprint density at radius 2 is 1.89 bits per heavy atom. The molecule has 2 aromatic rings. The second-order valence-electron chi connectivity index (χ2n) is 4.22. The number of benzene rings is 2. The molecule has 0 amide bonds. The molecule has 0 spiro atoms. The van der Waals surface area contributed by atoms with Crippen molar-refractivity contribution in [3.8, 4) is 11.5 Å². The quantitative estimate of drug-likeness (QED) is 0.843. The van der Waals surface area contributed by atoms with Crippen molar-refractivity contribution in [2.24, 2.45) is 5.73 Å². The normalized spacial score (nSPS) is 12.2. The van der Waals surface area contributed by atoms with E-state index in [9.17, 15) is 4.39 Å². The molecule has 0 radical (unpaired) electrons. The van der Waals surface area contributed by atoms with Gasteiger partial charge < -0.3 is 10.5 Å². The molecule has 0 fully saturated rings. The second-order valence-corrected chi connectivity index (χ2v) is 5.07. The van der Waals surface area contributed by atoms with Crippen molar-refractivity contribution in [2.45, 2.75) is 17.9 Å². The van der Waals surface area contributed by atoms with Crippen molar-refractivity contribution >= 4 is 11.8 Å². The van der Waals surface area contributed by atoms with Crippen molar-refractivity contribution in [3.05, 3.63) is 53.8 Å². The van der Waals surface area contributed by atoms with E-state index in [-0.39, 0.29) is 11.9 Å². The summed E-state index contributed by atoms with van der Waals surface area (Å²) in [7, 11) is 0. The first kappa shape index (κ1) is 13.9. The highest BCUT2D eigenvalue weighted by Gasteiger charge is 2.12. The molecule has 1 unspecified atom stereocenters. The van der Waals surface area contributed by atoms with E-state index >= 15 is 0 Å². The van der Waals surface area contributed by atoms with Gasteiger partial charge >= 0.3 is 0 Å². The summed E-state index contributed by atoms with van der Waals surface area (Å²) in [5.74, 6) is 1.04. The maximum atomic E-state index is 13.3. The Morgan fingerprint density at radius 3 is 2.58 bits per heavy atom. The van der Waals surface area contributed by atoms with Crippen LogP contribution >= 0.6 is 11.8 Å². The first-order valence-corrected chi connectivity index (χ1v) is 7.20. The van der Waals surface area contributed by atoms with Gasteiger partial charge in [-0.3, -0.25) is 0 Å². The molecule has 0 aromatic heterocycles. The molecule has 0 saturated carbocycles. The maximum absolute atomic E-state index is 13.3. The summed E-state index contributed by atoms with van der Waals surface area (Å²) in [5, 5.41) is 0. The summed E-state index contributed by atoms with van der Waals surface area (Å²) in [4.78, 5) is 1.03. The fourth-order valence-corrected chi connectivity index (χ4v) is 2.32. The maximum Gasteiger partial charge on any atom is 0.140 e. The summed E-state index contributed by atoms with van der Waals surface area (Å²) in [6, 6.07) is 11.9. The van der Waals surface area contributed by atoms with E-state index in [1.165, 1.54) is 12.1 Å². The summed E-state index contributed by atoms with van der Waals surface area (Å²) < 4.78 is 19.2. The van der Waals surface area contributed by atoms with Crippen molar-refractivity contribution in [3.63, 3.8) is 0 Å². The standard InChI is InChI=1S/C15H16FNOS/c1-10(17)12-9-11(16)7-8-13(12)18-14-5-3-4-6-15(14)19-2/h3-10H,17H2,1-2H3. The summed E-state index contributed by atoms with van der Waals surface area (Å²) in [6.45, 7) is 1.81. The molecule has 0 bridgehead atoms. The van der Waals surface area contributed by atoms with Gasteiger partial charge in [-0.05, 0) is 43.5 Å². The van der Waals surface area contributed by atoms with Crippen LogP contribution in [0.3, 0.4) is 0 Å². The van der Waals surface area contributed by atoms with E-state index < -0.39 is 0 Å². The van der Waals surface area contributed by atoms with Crippen molar-refractivity contribution < 1.29 is 9.13 Å². The fourth-order valence-electron chi connectivity index (χ4n) is 1.79. The van der Waals surface area contributed by atoms with Gasteiger partial charge in [0.2, 0.25) is 0 Å². The lowest BCUT2D eigenvalue weighted by Gasteiger charge is -2.15. The third-order valence-corrected chi connectivity index (χ3v) is 3.53. The van der Waals surface area contributed by atoms with Gasteiger partial charge in [-0.15, -0.1) is 11.8 Å². The zero-order valence-corrected chi connectivity index (χ0v) is 11.7. The van der Waals surface area contributed by atoms with Gasteiger partial charge in [0.1, 0.15) is 17.3 Å². The molecule has 0 saturated heterocycles. The van der Waals surface area contributed by atoms with Crippen molar-refractivity contribution in [1.29, 1.82) is 0 Å². The molecule has 0 aliphatic rings. The lowest BCUT2D eigenvalue weighted by atomic mass is 10.1. The second kappa shape index (κ2) is 6.08. The predicted octanol–water partition coefficient (Wildman–Crippen LogP) is 4.36. The van der Waals surface area contributed by atoms with E-state index in [1.54, 1.807) is 17.8 Å². The Labute approximate surface area is 116 Å². The van der Waals surface area contributed by atoms with E-state index in [0.29, 0.717) is 11.3 Å². The number of nitrogens with two attached hydrogens (primary N) is 1. The Balaban J connectivity index is 2.38. The molecule has 2 nitrogen and oxygen atoms in total. The minimum atomic E-state index is -0.308. The monoisotopic (exact) mass is 277 g/mol. The molecular formula is C15H16FNOS. The molecule has 0 heterocycles. The molecule has 0 aliphatic carbocycles. The van der Waals surface area contributed by atoms with Crippen molar-refractivity contribution in [1.82, 2.24) is 0 Å². The van der Waals surface area contributed by atoms with Gasteiger partial charge in [0.25, 0.3) is 0 Å². The van der Waals surface area contributed by atoms with E-state index in [0.717, 1.165) is 10.6 Å². The fraction of sp³-hybridized carbons (Fsp3) is 0.200. The van der Waals surface area contributed by atoms with Crippen LogP contribution in [0.4, 0.5) is 4.39 Å². The van der Waals surface area contributed by atoms with Gasteiger partial charge in [0, 0.05) is 16.5 Å². The average Bonchev–Trinajstić information content (AvgIpc) is 2.41. The lowest BCUT2D eigenvalue weighted by molar-refractivity contribution is 0.459. The predicted molar refractivity (Wildman–Crippen MR) is 77.3 cm³/mol. The van der Waals surface area contributed by atoms with Crippen LogP contribution in [-0.2, 0) is 0 Å². The van der Waals surface area contributed by atoms with Gasteiger partial charge in [0.05, 0.1) is 0 Å². The lowest BCUT2D eigenvalue weighted by Crippen LogP contribution is -2.07. The molecule has 1 atom stereocenters. The van der Waals surface area contributed by atoms with Crippen LogP contribution in [0.25, 0.3) is 0 Å². The zero-order chi connectivity index (χ0) is 13.8. The Morgan fingerprint density at radius 1 is 1.16 bits per heavy atom. The van der Waals surface area contributed by atoms with Crippen LogP contribution in [0.15, 0.2) is 47.4 Å². The Bertz CT molecular complexity index is 572. The summed E-state index contributed by atoms with van der Waals surface area (Å²) in [5.41, 5.74) is 6.52. The number of para-hydroxylation sites is 1. The molecule has 2 rings (SSSR count). The Kier molecular flexibility index (Phi) is 4.45. The number of hydrogen-bond acceptors (Lipinski definition) is 3. The van der Waals surface area contributed by atoms with Crippen LogP contribution in [0.5, 0.6) is 11.5 Å². The van der Waals surface area contributed by atoms with Crippen LogP contribution in [-0.4, -0.2) is 6.26 Å². The molecule has 100 valence electrons. The number of ether oxygens (including phenoxy) is 1. The topological polar surface area (TPSA) is 35.2 Å². The van der Waals surface area contributed by atoms with Crippen LogP contribution < -0.4 is 10.5 Å². The third-order valence-electron chi connectivity index (χ3n) is 2.75. The number of halogens is 1. The molecule has 2 aromatic carbocycles. The average molecular weight is 277 g/mol. The third kappa shape index (κ3) is 3.28.